The van der Waals surface area contributed by atoms with Gasteiger partial charge >= 0.3 is 0 Å². The van der Waals surface area contributed by atoms with Gasteiger partial charge in [0.15, 0.2) is 5.82 Å². The van der Waals surface area contributed by atoms with E-state index in [2.05, 4.69) is 20.5 Å². The summed E-state index contributed by atoms with van der Waals surface area (Å²) in [7, 11) is 1.91. The first-order valence-corrected chi connectivity index (χ1v) is 8.55. The van der Waals surface area contributed by atoms with Crippen LogP contribution in [0, 0.1) is 0 Å². The molecule has 3 rings (SSSR count). The maximum absolute atomic E-state index is 6.19. The number of hydrogen-bond acceptors (Lipinski definition) is 5. The molecule has 2 aromatic carbocycles. The molecular weight excluding hydrogens is 357 g/mol. The first-order valence-electron chi connectivity index (χ1n) is 7.80. The van der Waals surface area contributed by atoms with Gasteiger partial charge in [0.1, 0.15) is 0 Å². The normalized spacial score (nSPS) is 10.5. The third kappa shape index (κ3) is 4.59. The van der Waals surface area contributed by atoms with E-state index in [0.29, 0.717) is 28.4 Å². The first-order chi connectivity index (χ1) is 12.1. The minimum absolute atomic E-state index is 0.528. The molecular formula is C18H17Cl2N5. The van der Waals surface area contributed by atoms with E-state index in [1.807, 2.05) is 54.4 Å². The first kappa shape index (κ1) is 17.5. The molecule has 0 aliphatic carbocycles. The molecule has 7 heteroatoms. The van der Waals surface area contributed by atoms with Crippen molar-refractivity contribution < 1.29 is 0 Å². The number of halogens is 2. The molecule has 0 bridgehead atoms. The van der Waals surface area contributed by atoms with Crippen LogP contribution in [0.5, 0.6) is 0 Å². The Kier molecular flexibility index (Phi) is 5.68. The van der Waals surface area contributed by atoms with Crippen LogP contribution in [0.3, 0.4) is 0 Å². The van der Waals surface area contributed by atoms with Gasteiger partial charge in [0, 0.05) is 29.3 Å². The summed E-state index contributed by atoms with van der Waals surface area (Å²) in [5.41, 5.74) is 2.02. The van der Waals surface area contributed by atoms with Gasteiger partial charge in [-0.25, -0.2) is 0 Å². The smallest absolute Gasteiger partial charge is 0.251 e. The van der Waals surface area contributed by atoms with Crippen molar-refractivity contribution in [3.05, 3.63) is 70.3 Å². The Balaban J connectivity index is 1.64. The lowest BCUT2D eigenvalue weighted by molar-refractivity contribution is 0.915. The Bertz CT molecular complexity index is 842. The van der Waals surface area contributed by atoms with Gasteiger partial charge in [-0.15, -0.1) is 5.10 Å². The standard InChI is InChI=1S/C18H17Cl2N5/c1-25(15-5-3-2-4-6-15)18-23-17(12-22-24-18)21-10-9-13-7-8-14(19)11-16(13)20/h2-8,11-12H,9-10H2,1H3,(H,21,23,24). The highest BCUT2D eigenvalue weighted by atomic mass is 35.5. The number of aromatic nitrogens is 3. The molecule has 0 amide bonds. The lowest BCUT2D eigenvalue weighted by Crippen LogP contribution is -2.15. The SMILES string of the molecule is CN(c1ccccc1)c1nncc(NCCc2ccc(Cl)cc2Cl)n1. The van der Waals surface area contributed by atoms with Crippen LogP contribution in [0.15, 0.2) is 54.7 Å². The van der Waals surface area contributed by atoms with Gasteiger partial charge in [0.05, 0.1) is 6.20 Å². The highest BCUT2D eigenvalue weighted by Gasteiger charge is 2.08. The number of anilines is 3. The van der Waals surface area contributed by atoms with Crippen LogP contribution in [-0.4, -0.2) is 28.8 Å². The minimum atomic E-state index is 0.528. The Labute approximate surface area is 156 Å². The lowest BCUT2D eigenvalue weighted by atomic mass is 10.1. The number of benzene rings is 2. The van der Waals surface area contributed by atoms with Crippen LogP contribution < -0.4 is 10.2 Å². The molecule has 1 heterocycles. The fourth-order valence-corrected chi connectivity index (χ4v) is 2.84. The van der Waals surface area contributed by atoms with Gasteiger partial charge in [-0.1, -0.05) is 47.5 Å². The van der Waals surface area contributed by atoms with E-state index < -0.39 is 0 Å². The fraction of sp³-hybridized carbons (Fsp3) is 0.167. The van der Waals surface area contributed by atoms with Gasteiger partial charge in [0.2, 0.25) is 0 Å². The highest BCUT2D eigenvalue weighted by Crippen LogP contribution is 2.22. The monoisotopic (exact) mass is 373 g/mol. The summed E-state index contributed by atoms with van der Waals surface area (Å²) >= 11 is 12.1. The summed E-state index contributed by atoms with van der Waals surface area (Å²) in [4.78, 5) is 6.39. The van der Waals surface area contributed by atoms with E-state index in [9.17, 15) is 0 Å². The van der Waals surface area contributed by atoms with Crippen LogP contribution >= 0.6 is 23.2 Å². The average molecular weight is 374 g/mol. The molecule has 0 spiro atoms. The average Bonchev–Trinajstić information content (AvgIpc) is 2.64. The van der Waals surface area contributed by atoms with Crippen LogP contribution in [0.2, 0.25) is 10.0 Å². The minimum Gasteiger partial charge on any atom is -0.368 e. The predicted octanol–water partition coefficient (Wildman–Crippen LogP) is 4.60. The summed E-state index contributed by atoms with van der Waals surface area (Å²) in [6, 6.07) is 15.4. The topological polar surface area (TPSA) is 53.9 Å². The van der Waals surface area contributed by atoms with Crippen LogP contribution in [0.4, 0.5) is 17.5 Å². The third-order valence-electron chi connectivity index (χ3n) is 3.71. The molecule has 0 atom stereocenters. The molecule has 5 nitrogen and oxygen atoms in total. The summed E-state index contributed by atoms with van der Waals surface area (Å²) in [6.45, 7) is 0.675. The van der Waals surface area contributed by atoms with E-state index in [-0.39, 0.29) is 0 Å². The Morgan fingerprint density at radius 1 is 1.08 bits per heavy atom. The number of rotatable bonds is 6. The molecule has 0 radical (unpaired) electrons. The lowest BCUT2D eigenvalue weighted by Gasteiger charge is -2.17. The second kappa shape index (κ2) is 8.14. The largest absolute Gasteiger partial charge is 0.368 e. The Morgan fingerprint density at radius 3 is 2.64 bits per heavy atom. The Morgan fingerprint density at radius 2 is 1.88 bits per heavy atom. The van der Waals surface area contributed by atoms with E-state index >= 15 is 0 Å². The van der Waals surface area contributed by atoms with Crippen molar-refractivity contribution in [2.24, 2.45) is 0 Å². The van der Waals surface area contributed by atoms with E-state index in [1.54, 1.807) is 12.3 Å². The maximum atomic E-state index is 6.19. The number of nitrogens with zero attached hydrogens (tertiary/aromatic N) is 4. The Hall–Kier alpha value is -2.37. The van der Waals surface area contributed by atoms with Crippen LogP contribution in [0.1, 0.15) is 5.56 Å². The maximum Gasteiger partial charge on any atom is 0.251 e. The van der Waals surface area contributed by atoms with Crippen molar-refractivity contribution >= 4 is 40.7 Å². The highest BCUT2D eigenvalue weighted by molar-refractivity contribution is 6.35. The molecule has 1 N–H and O–H groups in total. The van der Waals surface area contributed by atoms with Crippen molar-refractivity contribution in [1.29, 1.82) is 0 Å². The molecule has 25 heavy (non-hydrogen) atoms. The summed E-state index contributed by atoms with van der Waals surface area (Å²) in [5, 5.41) is 12.7. The van der Waals surface area contributed by atoms with Crippen LogP contribution in [-0.2, 0) is 6.42 Å². The van der Waals surface area contributed by atoms with Gasteiger partial charge in [0.25, 0.3) is 5.95 Å². The van der Waals surface area contributed by atoms with E-state index in [4.69, 9.17) is 23.2 Å². The second-order valence-electron chi connectivity index (χ2n) is 5.45. The summed E-state index contributed by atoms with van der Waals surface area (Å²) in [6.07, 6.45) is 2.36. The fourth-order valence-electron chi connectivity index (χ4n) is 2.34. The zero-order chi connectivity index (χ0) is 17.6. The second-order valence-corrected chi connectivity index (χ2v) is 6.29. The van der Waals surface area contributed by atoms with Gasteiger partial charge in [-0.05, 0) is 36.2 Å². The van der Waals surface area contributed by atoms with Gasteiger partial charge in [-0.2, -0.15) is 10.1 Å². The van der Waals surface area contributed by atoms with Gasteiger partial charge in [-0.3, -0.25) is 0 Å². The molecule has 0 saturated heterocycles. The number of hydrogen-bond donors (Lipinski definition) is 1. The zero-order valence-electron chi connectivity index (χ0n) is 13.7. The summed E-state index contributed by atoms with van der Waals surface area (Å²) < 4.78 is 0. The van der Waals surface area contributed by atoms with Crippen molar-refractivity contribution in [1.82, 2.24) is 15.2 Å². The number of para-hydroxylation sites is 1. The molecule has 0 saturated carbocycles. The van der Waals surface area contributed by atoms with Crippen molar-refractivity contribution in [3.8, 4) is 0 Å². The molecule has 1 aromatic heterocycles. The number of nitrogens with one attached hydrogen (secondary N) is 1. The molecule has 0 aliphatic rings. The quantitative estimate of drug-likeness (QED) is 0.683. The van der Waals surface area contributed by atoms with Crippen molar-refractivity contribution in [2.45, 2.75) is 6.42 Å². The van der Waals surface area contributed by atoms with Crippen molar-refractivity contribution in [3.63, 3.8) is 0 Å². The van der Waals surface area contributed by atoms with Gasteiger partial charge < -0.3 is 10.2 Å². The van der Waals surface area contributed by atoms with E-state index in [0.717, 1.165) is 17.7 Å². The molecule has 3 aromatic rings. The molecule has 0 aliphatic heterocycles. The zero-order valence-corrected chi connectivity index (χ0v) is 15.2. The predicted molar refractivity (Wildman–Crippen MR) is 103 cm³/mol. The summed E-state index contributed by atoms with van der Waals surface area (Å²) in [5.74, 6) is 1.19. The van der Waals surface area contributed by atoms with Crippen molar-refractivity contribution in [2.75, 3.05) is 23.8 Å². The third-order valence-corrected chi connectivity index (χ3v) is 4.29. The van der Waals surface area contributed by atoms with E-state index in [1.165, 1.54) is 0 Å². The molecule has 128 valence electrons. The molecule has 0 fully saturated rings. The van der Waals surface area contributed by atoms with Crippen LogP contribution in [0.25, 0.3) is 0 Å². The molecule has 0 unspecified atom stereocenters.